The standard InChI is InChI=1S/C17H23NO/c1-4-7-14(5-2)18-17-9-6-8-13-10-11-15(19-3)12-16(13)17/h2,10-12,14,17-18H,4,6-9H2,1,3H3. The van der Waals surface area contributed by atoms with E-state index in [1.54, 1.807) is 7.11 Å². The van der Waals surface area contributed by atoms with Gasteiger partial charge in [0.05, 0.1) is 13.2 Å². The molecule has 2 heteroatoms. The first kappa shape index (κ1) is 14.0. The van der Waals surface area contributed by atoms with Gasteiger partial charge in [-0.2, -0.15) is 0 Å². The Bertz CT molecular complexity index is 461. The molecule has 1 aliphatic rings. The van der Waals surface area contributed by atoms with Crippen LogP contribution < -0.4 is 10.1 Å². The second-order valence-corrected chi connectivity index (χ2v) is 5.18. The van der Waals surface area contributed by atoms with E-state index in [2.05, 4.69) is 30.3 Å². The van der Waals surface area contributed by atoms with Crippen LogP contribution in [0.1, 0.15) is 49.8 Å². The van der Waals surface area contributed by atoms with Gasteiger partial charge in [0.15, 0.2) is 0 Å². The molecule has 0 saturated heterocycles. The molecule has 1 N–H and O–H groups in total. The van der Waals surface area contributed by atoms with Crippen molar-refractivity contribution in [3.63, 3.8) is 0 Å². The molecule has 0 spiro atoms. The molecule has 2 nitrogen and oxygen atoms in total. The number of rotatable bonds is 5. The van der Waals surface area contributed by atoms with Gasteiger partial charge in [0, 0.05) is 6.04 Å². The minimum atomic E-state index is 0.173. The zero-order valence-corrected chi connectivity index (χ0v) is 11.9. The largest absolute Gasteiger partial charge is 0.497 e. The number of hydrogen-bond donors (Lipinski definition) is 1. The van der Waals surface area contributed by atoms with Gasteiger partial charge in [-0.25, -0.2) is 0 Å². The van der Waals surface area contributed by atoms with Gasteiger partial charge in [-0.05, 0) is 48.9 Å². The van der Waals surface area contributed by atoms with Gasteiger partial charge < -0.3 is 4.74 Å². The summed E-state index contributed by atoms with van der Waals surface area (Å²) in [6, 6.07) is 6.93. The van der Waals surface area contributed by atoms with Gasteiger partial charge in [0.2, 0.25) is 0 Å². The molecular weight excluding hydrogens is 234 g/mol. The average molecular weight is 257 g/mol. The molecule has 2 unspecified atom stereocenters. The Morgan fingerprint density at radius 1 is 1.53 bits per heavy atom. The van der Waals surface area contributed by atoms with Crippen LogP contribution in [0.15, 0.2) is 18.2 Å². The van der Waals surface area contributed by atoms with Crippen LogP contribution in [-0.2, 0) is 6.42 Å². The van der Waals surface area contributed by atoms with Gasteiger partial charge in [-0.1, -0.05) is 25.3 Å². The maximum atomic E-state index is 5.61. The fourth-order valence-electron chi connectivity index (χ4n) is 2.82. The monoisotopic (exact) mass is 257 g/mol. The number of ether oxygens (including phenoxy) is 1. The van der Waals surface area contributed by atoms with Crippen molar-refractivity contribution in [3.05, 3.63) is 29.3 Å². The Morgan fingerprint density at radius 3 is 3.05 bits per heavy atom. The number of benzene rings is 1. The van der Waals surface area contributed by atoms with Crippen LogP contribution in [0, 0.1) is 12.3 Å². The highest BCUT2D eigenvalue weighted by Crippen LogP contribution is 2.32. The van der Waals surface area contributed by atoms with E-state index < -0.39 is 0 Å². The summed E-state index contributed by atoms with van der Waals surface area (Å²) in [7, 11) is 1.72. The van der Waals surface area contributed by atoms with E-state index in [4.69, 9.17) is 11.2 Å². The summed E-state index contributed by atoms with van der Waals surface area (Å²) in [4.78, 5) is 0. The van der Waals surface area contributed by atoms with Crippen molar-refractivity contribution in [2.45, 2.75) is 51.1 Å². The van der Waals surface area contributed by atoms with Crippen molar-refractivity contribution in [2.75, 3.05) is 7.11 Å². The van der Waals surface area contributed by atoms with E-state index in [9.17, 15) is 0 Å². The summed E-state index contributed by atoms with van der Waals surface area (Å²) in [5, 5.41) is 3.62. The van der Waals surface area contributed by atoms with Gasteiger partial charge in [-0.3, -0.25) is 5.32 Å². The molecule has 0 aromatic heterocycles. The Morgan fingerprint density at radius 2 is 2.37 bits per heavy atom. The summed E-state index contributed by atoms with van der Waals surface area (Å²) in [5.74, 6) is 3.80. The van der Waals surface area contributed by atoms with E-state index in [-0.39, 0.29) is 6.04 Å². The van der Waals surface area contributed by atoms with Crippen molar-refractivity contribution >= 4 is 0 Å². The van der Waals surface area contributed by atoms with Crippen LogP contribution in [0.25, 0.3) is 0 Å². The third-order valence-corrected chi connectivity index (χ3v) is 3.85. The smallest absolute Gasteiger partial charge is 0.119 e. The van der Waals surface area contributed by atoms with Crippen LogP contribution in [0.3, 0.4) is 0 Å². The third kappa shape index (κ3) is 3.30. The Labute approximate surface area is 116 Å². The normalized spacial score (nSPS) is 19.3. The van der Waals surface area contributed by atoms with Gasteiger partial charge in [0.25, 0.3) is 0 Å². The topological polar surface area (TPSA) is 21.3 Å². The van der Waals surface area contributed by atoms with Crippen LogP contribution in [0.2, 0.25) is 0 Å². The summed E-state index contributed by atoms with van der Waals surface area (Å²) in [6.07, 6.45) is 11.3. The van der Waals surface area contributed by atoms with Crippen LogP contribution in [0.4, 0.5) is 0 Å². The third-order valence-electron chi connectivity index (χ3n) is 3.85. The fourth-order valence-corrected chi connectivity index (χ4v) is 2.82. The Balaban J connectivity index is 2.18. The highest BCUT2D eigenvalue weighted by atomic mass is 16.5. The molecule has 0 amide bonds. The molecule has 0 radical (unpaired) electrons. The molecule has 1 aromatic rings. The van der Waals surface area contributed by atoms with E-state index in [1.807, 2.05) is 6.07 Å². The van der Waals surface area contributed by atoms with Crippen molar-refractivity contribution in [1.29, 1.82) is 0 Å². The molecule has 1 aliphatic carbocycles. The number of nitrogens with one attached hydrogen (secondary N) is 1. The van der Waals surface area contributed by atoms with Crippen molar-refractivity contribution < 1.29 is 4.74 Å². The first-order chi connectivity index (χ1) is 9.28. The van der Waals surface area contributed by atoms with Gasteiger partial charge in [0.1, 0.15) is 5.75 Å². The van der Waals surface area contributed by atoms with E-state index in [0.29, 0.717) is 6.04 Å². The molecule has 0 bridgehead atoms. The van der Waals surface area contributed by atoms with Crippen molar-refractivity contribution in [1.82, 2.24) is 5.32 Å². The predicted octanol–water partition coefficient (Wildman–Crippen LogP) is 3.46. The maximum Gasteiger partial charge on any atom is 0.119 e. The second-order valence-electron chi connectivity index (χ2n) is 5.18. The molecule has 19 heavy (non-hydrogen) atoms. The molecule has 2 atom stereocenters. The number of fused-ring (bicyclic) bond motifs is 1. The minimum absolute atomic E-state index is 0.173. The summed E-state index contributed by atoms with van der Waals surface area (Å²) in [5.41, 5.74) is 2.79. The molecule has 102 valence electrons. The summed E-state index contributed by atoms with van der Waals surface area (Å²) >= 11 is 0. The summed E-state index contributed by atoms with van der Waals surface area (Å²) in [6.45, 7) is 2.17. The van der Waals surface area contributed by atoms with Crippen LogP contribution in [0.5, 0.6) is 5.75 Å². The number of aryl methyl sites for hydroxylation is 1. The SMILES string of the molecule is C#CC(CCC)NC1CCCc2ccc(OC)cc21. The van der Waals surface area contributed by atoms with Crippen LogP contribution >= 0.6 is 0 Å². The lowest BCUT2D eigenvalue weighted by molar-refractivity contribution is 0.401. The highest BCUT2D eigenvalue weighted by Gasteiger charge is 2.22. The number of hydrogen-bond acceptors (Lipinski definition) is 2. The lowest BCUT2D eigenvalue weighted by Crippen LogP contribution is -2.33. The zero-order valence-electron chi connectivity index (χ0n) is 11.9. The number of terminal acetylenes is 1. The predicted molar refractivity (Wildman–Crippen MR) is 79.3 cm³/mol. The molecular formula is C17H23NO. The quantitative estimate of drug-likeness (QED) is 0.816. The zero-order chi connectivity index (χ0) is 13.7. The highest BCUT2D eigenvalue weighted by molar-refractivity contribution is 5.39. The fraction of sp³-hybridized carbons (Fsp3) is 0.529. The molecule has 1 aromatic carbocycles. The van der Waals surface area contributed by atoms with Crippen molar-refractivity contribution in [3.8, 4) is 18.1 Å². The lowest BCUT2D eigenvalue weighted by atomic mass is 9.87. The lowest BCUT2D eigenvalue weighted by Gasteiger charge is -2.29. The van der Waals surface area contributed by atoms with E-state index in [1.165, 1.54) is 17.5 Å². The summed E-state index contributed by atoms with van der Waals surface area (Å²) < 4.78 is 5.34. The molecule has 2 rings (SSSR count). The first-order valence-corrected chi connectivity index (χ1v) is 7.17. The van der Waals surface area contributed by atoms with Crippen LogP contribution in [-0.4, -0.2) is 13.2 Å². The molecule has 0 aliphatic heterocycles. The first-order valence-electron chi connectivity index (χ1n) is 7.17. The van der Waals surface area contributed by atoms with E-state index >= 15 is 0 Å². The molecule has 0 saturated carbocycles. The number of methoxy groups -OCH3 is 1. The second kappa shape index (κ2) is 6.63. The van der Waals surface area contributed by atoms with Gasteiger partial charge in [-0.15, -0.1) is 6.42 Å². The van der Waals surface area contributed by atoms with Crippen molar-refractivity contribution in [2.24, 2.45) is 0 Å². The average Bonchev–Trinajstić information content (AvgIpc) is 2.46. The molecule has 0 fully saturated rings. The van der Waals surface area contributed by atoms with E-state index in [0.717, 1.165) is 31.4 Å². The Kier molecular flexibility index (Phi) is 4.87. The van der Waals surface area contributed by atoms with Gasteiger partial charge >= 0.3 is 0 Å². The maximum absolute atomic E-state index is 5.61. The molecule has 0 heterocycles. The minimum Gasteiger partial charge on any atom is -0.497 e. The Hall–Kier alpha value is -1.46.